The van der Waals surface area contributed by atoms with Gasteiger partial charge in [-0.05, 0) is 91.4 Å². The Morgan fingerprint density at radius 1 is 0.745 bits per heavy atom. The van der Waals surface area contributed by atoms with Crippen molar-refractivity contribution in [3.63, 3.8) is 0 Å². The zero-order valence-electron chi connectivity index (χ0n) is 26.4. The van der Waals surface area contributed by atoms with E-state index in [1.54, 1.807) is 12.1 Å². The summed E-state index contributed by atoms with van der Waals surface area (Å²) in [5.74, 6) is 0.410. The first-order valence-corrected chi connectivity index (χ1v) is 14.3. The van der Waals surface area contributed by atoms with Crippen LogP contribution in [0.4, 0.5) is 44.3 Å². The van der Waals surface area contributed by atoms with Crippen molar-refractivity contribution in [2.45, 2.75) is 77.3 Å². The van der Waals surface area contributed by atoms with E-state index < -0.39 is 71.6 Å². The highest BCUT2D eigenvalue weighted by Gasteiger charge is 2.38. The normalized spacial score (nSPS) is 13.5. The monoisotopic (exact) mass is 678 g/mol. The molecule has 2 N–H and O–H groups in total. The van der Waals surface area contributed by atoms with Crippen molar-refractivity contribution in [1.29, 1.82) is 0 Å². The van der Waals surface area contributed by atoms with Crippen molar-refractivity contribution in [3.8, 4) is 16.9 Å². The maximum atomic E-state index is 13.7. The number of hydrogen-bond donors (Lipinski definition) is 1. The van der Waals surface area contributed by atoms with Gasteiger partial charge < -0.3 is 20.1 Å². The van der Waals surface area contributed by atoms with E-state index in [0.29, 0.717) is 23.4 Å². The molecule has 0 aliphatic rings. The van der Waals surface area contributed by atoms with Gasteiger partial charge in [0.2, 0.25) is 0 Å². The zero-order valence-corrected chi connectivity index (χ0v) is 26.4. The molecule has 1 amide bonds. The molecule has 0 bridgehead atoms. The number of methoxy groups -OCH3 is 1. The van der Waals surface area contributed by atoms with E-state index in [1.165, 1.54) is 33.9 Å². The van der Waals surface area contributed by atoms with Crippen LogP contribution < -0.4 is 10.5 Å². The van der Waals surface area contributed by atoms with Crippen LogP contribution in [0.5, 0.6) is 5.75 Å². The van der Waals surface area contributed by atoms with Crippen LogP contribution in [0.1, 0.15) is 80.0 Å². The van der Waals surface area contributed by atoms with Crippen molar-refractivity contribution >= 4 is 6.09 Å². The fraction of sp³-hybridized carbons (Fsp3) is 0.424. The Morgan fingerprint density at radius 3 is 1.77 bits per heavy atom. The summed E-state index contributed by atoms with van der Waals surface area (Å²) < 4.78 is 133. The lowest BCUT2D eigenvalue weighted by molar-refractivity contribution is -0.143. The topological polar surface area (TPSA) is 64.8 Å². The fourth-order valence-corrected chi connectivity index (χ4v) is 4.78. The lowest BCUT2D eigenvalue weighted by Gasteiger charge is -2.36. The highest BCUT2D eigenvalue weighted by atomic mass is 19.4. The molecule has 0 radical (unpaired) electrons. The second kappa shape index (κ2) is 13.7. The highest BCUT2D eigenvalue weighted by molar-refractivity contribution is 5.75. The number of hydrogen-bond acceptors (Lipinski definition) is 4. The smallest absolute Gasteiger partial charge is 0.416 e. The minimum atomic E-state index is -5.11. The second-order valence-electron chi connectivity index (χ2n) is 12.3. The zero-order chi connectivity index (χ0) is 35.7. The fourth-order valence-electron chi connectivity index (χ4n) is 4.78. The lowest BCUT2D eigenvalue weighted by Crippen LogP contribution is -2.49. The van der Waals surface area contributed by atoms with Gasteiger partial charge >= 0.3 is 24.6 Å². The third-order valence-corrected chi connectivity index (χ3v) is 7.41. The number of carbonyl (C=O) groups is 1. The van der Waals surface area contributed by atoms with Gasteiger partial charge in [0.15, 0.2) is 0 Å². The lowest BCUT2D eigenvalue weighted by atomic mass is 9.93. The molecule has 0 fully saturated rings. The van der Waals surface area contributed by atoms with Gasteiger partial charge in [0, 0.05) is 23.7 Å². The summed E-state index contributed by atoms with van der Waals surface area (Å²) in [6, 6.07) is 7.55. The third kappa shape index (κ3) is 9.33. The van der Waals surface area contributed by atoms with Crippen LogP contribution in [0.15, 0.2) is 54.6 Å². The summed E-state index contributed by atoms with van der Waals surface area (Å²) in [6.45, 7) is 7.16. The van der Waals surface area contributed by atoms with Crippen molar-refractivity contribution in [2.75, 3.05) is 13.7 Å². The van der Waals surface area contributed by atoms with Crippen molar-refractivity contribution < 1.29 is 53.8 Å². The summed E-state index contributed by atoms with van der Waals surface area (Å²) >= 11 is 0. The molecule has 3 aromatic rings. The second-order valence-corrected chi connectivity index (χ2v) is 12.3. The molecule has 14 heteroatoms. The largest absolute Gasteiger partial charge is 0.496 e. The molecule has 1 atom stereocenters. The van der Waals surface area contributed by atoms with Crippen LogP contribution in [0.25, 0.3) is 11.1 Å². The number of rotatable bonds is 8. The van der Waals surface area contributed by atoms with Crippen LogP contribution in [0.2, 0.25) is 0 Å². The number of ether oxygens (including phenoxy) is 2. The number of benzene rings is 3. The molecule has 0 spiro atoms. The standard InChI is InChI=1S/C33H35F9N2O3/c1-18(2)19-7-10-28(46-6)26(14-19)25-9-8-22(31(34,35)36)13-21(25)17-47-29(45)44(30(3,4)5)16-27(43)20-11-23(32(37,38)39)15-24(12-20)33(40,41)42/h7-15,18,27H,16-17,43H2,1-6H3. The molecule has 0 aromatic heterocycles. The van der Waals surface area contributed by atoms with Gasteiger partial charge in [0.1, 0.15) is 12.4 Å². The first-order chi connectivity index (χ1) is 21.4. The van der Waals surface area contributed by atoms with E-state index in [9.17, 15) is 44.3 Å². The van der Waals surface area contributed by atoms with E-state index in [1.807, 2.05) is 19.9 Å². The highest BCUT2D eigenvalue weighted by Crippen LogP contribution is 2.40. The summed E-state index contributed by atoms with van der Waals surface area (Å²) in [6.07, 6.45) is -16.1. The van der Waals surface area contributed by atoms with E-state index in [4.69, 9.17) is 15.2 Å². The Balaban J connectivity index is 2.00. The molecule has 0 aliphatic heterocycles. The SMILES string of the molecule is COc1ccc(C(C)C)cc1-c1ccc(C(F)(F)F)cc1COC(=O)N(CC(N)c1cc(C(F)(F)F)cc(C(F)(F)F)c1)C(C)(C)C. The van der Waals surface area contributed by atoms with Gasteiger partial charge in [-0.15, -0.1) is 0 Å². The van der Waals surface area contributed by atoms with E-state index in [-0.39, 0.29) is 23.1 Å². The molecular formula is C33H35F9N2O3. The Bertz CT molecular complexity index is 1540. The minimum absolute atomic E-state index is 0.0294. The Labute approximate surface area is 266 Å². The molecule has 3 aromatic carbocycles. The van der Waals surface area contributed by atoms with Gasteiger partial charge in [0.25, 0.3) is 0 Å². The van der Waals surface area contributed by atoms with E-state index in [0.717, 1.165) is 22.6 Å². The van der Waals surface area contributed by atoms with Gasteiger partial charge in [-0.25, -0.2) is 4.79 Å². The third-order valence-electron chi connectivity index (χ3n) is 7.41. The molecule has 0 aliphatic carbocycles. The van der Waals surface area contributed by atoms with E-state index in [2.05, 4.69) is 0 Å². The van der Waals surface area contributed by atoms with Gasteiger partial charge in [-0.2, -0.15) is 39.5 Å². The van der Waals surface area contributed by atoms with Crippen molar-refractivity contribution in [3.05, 3.63) is 88.0 Å². The number of alkyl halides is 9. The molecule has 5 nitrogen and oxygen atoms in total. The minimum Gasteiger partial charge on any atom is -0.496 e. The summed E-state index contributed by atoms with van der Waals surface area (Å²) in [7, 11) is 1.39. The molecule has 0 heterocycles. The van der Waals surface area contributed by atoms with Gasteiger partial charge in [-0.3, -0.25) is 0 Å². The first-order valence-electron chi connectivity index (χ1n) is 14.3. The number of amides is 1. The number of nitrogens with zero attached hydrogens (tertiary/aromatic N) is 1. The Kier molecular flexibility index (Phi) is 10.9. The predicted octanol–water partition coefficient (Wildman–Crippen LogP) is 9.98. The molecule has 1 unspecified atom stereocenters. The molecule has 3 rings (SSSR count). The quantitative estimate of drug-likeness (QED) is 0.241. The van der Waals surface area contributed by atoms with Gasteiger partial charge in [-0.1, -0.05) is 26.0 Å². The summed E-state index contributed by atoms with van der Waals surface area (Å²) in [5, 5.41) is 0. The number of carbonyl (C=O) groups excluding carboxylic acids is 1. The maximum Gasteiger partial charge on any atom is 0.416 e. The Hall–Kier alpha value is -3.94. The average Bonchev–Trinajstić information content (AvgIpc) is 2.95. The average molecular weight is 679 g/mol. The molecule has 0 saturated carbocycles. The van der Waals surface area contributed by atoms with E-state index >= 15 is 0 Å². The van der Waals surface area contributed by atoms with Crippen LogP contribution in [0.3, 0.4) is 0 Å². The summed E-state index contributed by atoms with van der Waals surface area (Å²) in [4.78, 5) is 14.4. The first kappa shape index (κ1) is 37.5. The predicted molar refractivity (Wildman–Crippen MR) is 158 cm³/mol. The van der Waals surface area contributed by atoms with Crippen LogP contribution in [0, 0.1) is 0 Å². The van der Waals surface area contributed by atoms with Crippen LogP contribution in [-0.2, 0) is 29.9 Å². The molecule has 0 saturated heterocycles. The van der Waals surface area contributed by atoms with Gasteiger partial charge in [0.05, 0.1) is 23.8 Å². The van der Waals surface area contributed by atoms with Crippen molar-refractivity contribution in [2.24, 2.45) is 5.73 Å². The molecule has 258 valence electrons. The molecule has 47 heavy (non-hydrogen) atoms. The van der Waals surface area contributed by atoms with Crippen LogP contribution >= 0.6 is 0 Å². The Morgan fingerprint density at radius 2 is 1.30 bits per heavy atom. The number of nitrogens with two attached hydrogens (primary N) is 1. The van der Waals surface area contributed by atoms with Crippen LogP contribution in [-0.4, -0.2) is 30.2 Å². The van der Waals surface area contributed by atoms with Crippen molar-refractivity contribution in [1.82, 2.24) is 4.90 Å². The maximum absolute atomic E-state index is 13.7. The molecular weight excluding hydrogens is 643 g/mol. The number of halogens is 9. The summed E-state index contributed by atoms with van der Waals surface area (Å²) in [5.41, 5.74) is 1.82.